The number of hydrogen-bond donors (Lipinski definition) is 2. The van der Waals surface area contributed by atoms with Gasteiger partial charge in [-0.2, -0.15) is 5.21 Å². The van der Waals surface area contributed by atoms with Crippen LogP contribution in [0.2, 0.25) is 0 Å². The van der Waals surface area contributed by atoms with Crippen molar-refractivity contribution >= 4 is 21.7 Å². The van der Waals surface area contributed by atoms with Gasteiger partial charge in [0.05, 0.1) is 10.9 Å². The summed E-state index contributed by atoms with van der Waals surface area (Å²) in [6.45, 7) is 0. The summed E-state index contributed by atoms with van der Waals surface area (Å²) in [7, 11) is 0. The molecule has 82 valence electrons. The van der Waals surface area contributed by atoms with Crippen LogP contribution in [0.15, 0.2) is 18.2 Å². The first kappa shape index (κ1) is 10.7. The number of benzene rings is 1. The quantitative estimate of drug-likeness (QED) is 0.651. The Morgan fingerprint density at radius 2 is 2.31 bits per heavy atom. The molecule has 0 spiro atoms. The van der Waals surface area contributed by atoms with Crippen molar-refractivity contribution in [3.05, 3.63) is 23.8 Å². The molecule has 1 heterocycles. The number of Topliss-reactive ketones (excluding diaryl/α,β-unsaturated/α-hetero) is 1. The summed E-state index contributed by atoms with van der Waals surface area (Å²) in [6.07, 6.45) is 0. The highest BCUT2D eigenvalue weighted by Gasteiger charge is 2.12. The van der Waals surface area contributed by atoms with E-state index in [0.29, 0.717) is 11.1 Å². The van der Waals surface area contributed by atoms with E-state index in [9.17, 15) is 9.90 Å². The molecule has 0 aliphatic carbocycles. The minimum Gasteiger partial charge on any atom is -0.507 e. The number of aromatic nitrogens is 4. The van der Waals surface area contributed by atoms with Crippen molar-refractivity contribution in [1.29, 1.82) is 0 Å². The van der Waals surface area contributed by atoms with Crippen molar-refractivity contribution in [3.8, 4) is 17.1 Å². The Hall–Kier alpha value is -1.76. The average molecular weight is 283 g/mol. The van der Waals surface area contributed by atoms with Crippen molar-refractivity contribution in [3.63, 3.8) is 0 Å². The standard InChI is InChI=1S/C9H7BrN4O2/c10-4-8(16)5-1-2-7(15)6(3-5)9-11-13-14-12-9/h1-3,15H,4H2,(H,11,12,13,14). The van der Waals surface area contributed by atoms with Crippen molar-refractivity contribution in [2.24, 2.45) is 0 Å². The summed E-state index contributed by atoms with van der Waals surface area (Å²) in [5.74, 6) is 0.180. The molecule has 6 nitrogen and oxygen atoms in total. The Kier molecular flexibility index (Phi) is 2.95. The number of aromatic hydroxyl groups is 1. The van der Waals surface area contributed by atoms with Crippen LogP contribution in [0.25, 0.3) is 11.4 Å². The summed E-state index contributed by atoms with van der Waals surface area (Å²) >= 11 is 3.08. The molecule has 1 aromatic carbocycles. The van der Waals surface area contributed by atoms with Gasteiger partial charge in [-0.3, -0.25) is 4.79 Å². The summed E-state index contributed by atoms with van der Waals surface area (Å²) in [5.41, 5.74) is 0.857. The number of phenols is 1. The predicted molar refractivity (Wildman–Crippen MR) is 59.4 cm³/mol. The van der Waals surface area contributed by atoms with E-state index >= 15 is 0 Å². The molecule has 0 unspecified atom stereocenters. The van der Waals surface area contributed by atoms with Crippen LogP contribution in [-0.2, 0) is 0 Å². The van der Waals surface area contributed by atoms with Gasteiger partial charge in [0, 0.05) is 5.56 Å². The van der Waals surface area contributed by atoms with Gasteiger partial charge in [0.1, 0.15) is 5.75 Å². The molecule has 0 atom stereocenters. The van der Waals surface area contributed by atoms with Crippen LogP contribution < -0.4 is 0 Å². The van der Waals surface area contributed by atoms with E-state index in [-0.39, 0.29) is 22.7 Å². The molecule has 2 N–H and O–H groups in total. The third-order valence-corrected chi connectivity index (χ3v) is 2.54. The normalized spacial score (nSPS) is 10.3. The number of phenolic OH excluding ortho intramolecular Hbond substituents is 1. The third-order valence-electron chi connectivity index (χ3n) is 2.03. The maximum atomic E-state index is 11.5. The fourth-order valence-corrected chi connectivity index (χ4v) is 1.57. The first-order chi connectivity index (χ1) is 7.72. The maximum Gasteiger partial charge on any atom is 0.208 e. The van der Waals surface area contributed by atoms with Gasteiger partial charge in [0.15, 0.2) is 5.78 Å². The first-order valence-electron chi connectivity index (χ1n) is 4.38. The van der Waals surface area contributed by atoms with E-state index in [1.165, 1.54) is 12.1 Å². The van der Waals surface area contributed by atoms with Gasteiger partial charge in [-0.25, -0.2) is 0 Å². The van der Waals surface area contributed by atoms with E-state index in [1.807, 2.05) is 0 Å². The largest absolute Gasteiger partial charge is 0.507 e. The monoisotopic (exact) mass is 282 g/mol. The molecule has 0 saturated heterocycles. The van der Waals surface area contributed by atoms with E-state index < -0.39 is 0 Å². The van der Waals surface area contributed by atoms with Crippen molar-refractivity contribution in [1.82, 2.24) is 20.6 Å². The smallest absolute Gasteiger partial charge is 0.208 e. The van der Waals surface area contributed by atoms with Gasteiger partial charge in [-0.15, -0.1) is 10.2 Å². The van der Waals surface area contributed by atoms with Gasteiger partial charge < -0.3 is 5.11 Å². The first-order valence-corrected chi connectivity index (χ1v) is 5.50. The molecule has 0 aliphatic rings. The lowest BCUT2D eigenvalue weighted by atomic mass is 10.1. The highest BCUT2D eigenvalue weighted by molar-refractivity contribution is 9.09. The van der Waals surface area contributed by atoms with Gasteiger partial charge in [0.25, 0.3) is 0 Å². The number of nitrogens with zero attached hydrogens (tertiary/aromatic N) is 3. The average Bonchev–Trinajstić information content (AvgIpc) is 2.82. The zero-order valence-electron chi connectivity index (χ0n) is 8.01. The topological polar surface area (TPSA) is 91.8 Å². The van der Waals surface area contributed by atoms with Crippen molar-refractivity contribution in [2.45, 2.75) is 0 Å². The molecule has 0 bridgehead atoms. The molecular weight excluding hydrogens is 276 g/mol. The highest BCUT2D eigenvalue weighted by Crippen LogP contribution is 2.26. The molecule has 7 heteroatoms. The number of tetrazole rings is 1. The number of ketones is 1. The molecular formula is C9H7BrN4O2. The molecule has 2 rings (SSSR count). The van der Waals surface area contributed by atoms with Gasteiger partial charge >= 0.3 is 0 Å². The summed E-state index contributed by atoms with van der Waals surface area (Å²) in [5, 5.41) is 23.0. The zero-order valence-corrected chi connectivity index (χ0v) is 9.60. The van der Waals surface area contributed by atoms with E-state index in [2.05, 4.69) is 36.6 Å². The number of H-pyrrole nitrogens is 1. The Balaban J connectivity index is 2.49. The van der Waals surface area contributed by atoms with Crippen LogP contribution in [-0.4, -0.2) is 36.8 Å². The van der Waals surface area contributed by atoms with Gasteiger partial charge in [0.2, 0.25) is 5.82 Å². The fraction of sp³-hybridized carbons (Fsp3) is 0.111. The fourth-order valence-electron chi connectivity index (χ4n) is 1.24. The van der Waals surface area contributed by atoms with Crippen LogP contribution in [0.4, 0.5) is 0 Å². The number of rotatable bonds is 3. The van der Waals surface area contributed by atoms with Gasteiger partial charge in [-0.05, 0) is 23.4 Å². The summed E-state index contributed by atoms with van der Waals surface area (Å²) in [6, 6.07) is 4.51. The van der Waals surface area contributed by atoms with Gasteiger partial charge in [-0.1, -0.05) is 15.9 Å². The van der Waals surface area contributed by atoms with Crippen LogP contribution in [0.3, 0.4) is 0 Å². The third kappa shape index (κ3) is 1.94. The number of aromatic amines is 1. The minimum atomic E-state index is -0.0789. The Morgan fingerprint density at radius 1 is 1.50 bits per heavy atom. The highest BCUT2D eigenvalue weighted by atomic mass is 79.9. The van der Waals surface area contributed by atoms with Crippen molar-refractivity contribution in [2.75, 3.05) is 5.33 Å². The van der Waals surface area contributed by atoms with E-state index in [4.69, 9.17) is 0 Å². The van der Waals surface area contributed by atoms with E-state index in [0.717, 1.165) is 0 Å². The Bertz CT molecular complexity index is 512. The number of halogens is 1. The van der Waals surface area contributed by atoms with Crippen LogP contribution in [0, 0.1) is 0 Å². The number of alkyl halides is 1. The predicted octanol–water partition coefficient (Wildman–Crippen LogP) is 1.15. The molecule has 1 aromatic heterocycles. The van der Waals surface area contributed by atoms with Crippen LogP contribution in [0.5, 0.6) is 5.75 Å². The Labute approximate surface area is 98.8 Å². The SMILES string of the molecule is O=C(CBr)c1ccc(O)c(-c2nn[nH]n2)c1. The number of carbonyl (C=O) groups is 1. The molecule has 0 aliphatic heterocycles. The second-order valence-corrected chi connectivity index (χ2v) is 3.58. The van der Waals surface area contributed by atoms with Crippen molar-refractivity contribution < 1.29 is 9.90 Å². The van der Waals surface area contributed by atoms with E-state index in [1.54, 1.807) is 6.07 Å². The Morgan fingerprint density at radius 3 is 2.94 bits per heavy atom. The lowest BCUT2D eigenvalue weighted by Gasteiger charge is -2.02. The molecule has 0 radical (unpaired) electrons. The molecule has 2 aromatic rings. The molecule has 0 fully saturated rings. The minimum absolute atomic E-state index is 0.00697. The lowest BCUT2D eigenvalue weighted by molar-refractivity contribution is 0.102. The lowest BCUT2D eigenvalue weighted by Crippen LogP contribution is -2.00. The number of hydrogen-bond acceptors (Lipinski definition) is 5. The number of carbonyl (C=O) groups excluding carboxylic acids is 1. The molecule has 16 heavy (non-hydrogen) atoms. The summed E-state index contributed by atoms with van der Waals surface area (Å²) < 4.78 is 0. The molecule has 0 saturated carbocycles. The maximum absolute atomic E-state index is 11.5. The number of nitrogens with one attached hydrogen (secondary N) is 1. The molecule has 0 amide bonds. The zero-order chi connectivity index (χ0) is 11.5. The summed E-state index contributed by atoms with van der Waals surface area (Å²) in [4.78, 5) is 11.5. The van der Waals surface area contributed by atoms with Crippen LogP contribution in [0.1, 0.15) is 10.4 Å². The second kappa shape index (κ2) is 4.40. The van der Waals surface area contributed by atoms with Crippen LogP contribution >= 0.6 is 15.9 Å². The second-order valence-electron chi connectivity index (χ2n) is 3.02.